The highest BCUT2D eigenvalue weighted by Gasteiger charge is 2.06. The molecule has 14 heavy (non-hydrogen) atoms. The van der Waals surface area contributed by atoms with Gasteiger partial charge < -0.3 is 0 Å². The molecular weight excluding hydrogens is 198 g/mol. The highest BCUT2D eigenvalue weighted by molar-refractivity contribution is 6.18. The number of H-pyrrole nitrogens is 1. The number of alkyl halides is 1. The molecule has 2 heterocycles. The smallest absolute Gasteiger partial charge is 0.0883 e. The molecule has 0 saturated heterocycles. The molecule has 0 unspecified atom stereocenters. The molecule has 0 aromatic carbocycles. The summed E-state index contributed by atoms with van der Waals surface area (Å²) < 4.78 is 0. The van der Waals surface area contributed by atoms with Crippen molar-refractivity contribution in [3.63, 3.8) is 0 Å². The topological polar surface area (TPSA) is 41.6 Å². The van der Waals surface area contributed by atoms with Gasteiger partial charge in [-0.2, -0.15) is 5.10 Å². The molecule has 0 aliphatic carbocycles. The van der Waals surface area contributed by atoms with E-state index in [4.69, 9.17) is 11.6 Å². The SMILES string of the molecule is ClCCc1cn[nH]c1-c1ccccn1. The Hall–Kier alpha value is -1.35. The van der Waals surface area contributed by atoms with Gasteiger partial charge in [-0.15, -0.1) is 11.6 Å². The van der Waals surface area contributed by atoms with E-state index in [2.05, 4.69) is 15.2 Å². The minimum atomic E-state index is 0.597. The van der Waals surface area contributed by atoms with Crippen LogP contribution in [-0.4, -0.2) is 21.1 Å². The van der Waals surface area contributed by atoms with Gasteiger partial charge in [0.25, 0.3) is 0 Å². The van der Waals surface area contributed by atoms with Crippen LogP contribution >= 0.6 is 11.6 Å². The number of halogens is 1. The van der Waals surface area contributed by atoms with Crippen molar-refractivity contribution in [2.45, 2.75) is 6.42 Å². The Labute approximate surface area is 87.1 Å². The van der Waals surface area contributed by atoms with Crippen molar-refractivity contribution in [1.29, 1.82) is 0 Å². The largest absolute Gasteiger partial charge is 0.276 e. The lowest BCUT2D eigenvalue weighted by Gasteiger charge is -1.99. The Morgan fingerprint density at radius 2 is 2.29 bits per heavy atom. The van der Waals surface area contributed by atoms with Crippen LogP contribution < -0.4 is 0 Å². The third-order valence-electron chi connectivity index (χ3n) is 2.00. The molecule has 3 nitrogen and oxygen atoms in total. The number of hydrogen-bond acceptors (Lipinski definition) is 2. The summed E-state index contributed by atoms with van der Waals surface area (Å²) in [4.78, 5) is 4.25. The maximum atomic E-state index is 5.69. The molecule has 0 aliphatic heterocycles. The zero-order chi connectivity index (χ0) is 9.80. The average Bonchev–Trinajstić information content (AvgIpc) is 2.68. The second-order valence-electron chi connectivity index (χ2n) is 2.92. The Morgan fingerprint density at radius 1 is 1.36 bits per heavy atom. The molecule has 0 bridgehead atoms. The summed E-state index contributed by atoms with van der Waals surface area (Å²) in [5, 5.41) is 6.93. The molecule has 72 valence electrons. The minimum absolute atomic E-state index is 0.597. The molecular formula is C10H10ClN3. The fourth-order valence-corrected chi connectivity index (χ4v) is 1.54. The van der Waals surface area contributed by atoms with Crippen LogP contribution in [0.1, 0.15) is 5.56 Å². The van der Waals surface area contributed by atoms with Gasteiger partial charge in [-0.3, -0.25) is 10.1 Å². The van der Waals surface area contributed by atoms with Gasteiger partial charge in [-0.05, 0) is 18.6 Å². The zero-order valence-electron chi connectivity index (χ0n) is 7.57. The first-order valence-electron chi connectivity index (χ1n) is 4.41. The zero-order valence-corrected chi connectivity index (χ0v) is 8.33. The van der Waals surface area contributed by atoms with Crippen molar-refractivity contribution in [1.82, 2.24) is 15.2 Å². The third kappa shape index (κ3) is 1.77. The van der Waals surface area contributed by atoms with Crippen LogP contribution in [0, 0.1) is 0 Å². The van der Waals surface area contributed by atoms with Crippen molar-refractivity contribution in [3.05, 3.63) is 36.2 Å². The molecule has 2 aromatic heterocycles. The van der Waals surface area contributed by atoms with Crippen molar-refractivity contribution in [2.75, 3.05) is 5.88 Å². The van der Waals surface area contributed by atoms with E-state index >= 15 is 0 Å². The Bertz CT molecular complexity index is 397. The van der Waals surface area contributed by atoms with Gasteiger partial charge in [0.05, 0.1) is 17.6 Å². The van der Waals surface area contributed by atoms with Crippen LogP contribution in [0.5, 0.6) is 0 Å². The van der Waals surface area contributed by atoms with E-state index in [9.17, 15) is 0 Å². The van der Waals surface area contributed by atoms with E-state index in [0.717, 1.165) is 23.4 Å². The summed E-state index contributed by atoms with van der Waals surface area (Å²) in [6, 6.07) is 5.79. The van der Waals surface area contributed by atoms with Crippen molar-refractivity contribution in [3.8, 4) is 11.4 Å². The van der Waals surface area contributed by atoms with Crippen molar-refractivity contribution < 1.29 is 0 Å². The number of aromatic nitrogens is 3. The predicted molar refractivity (Wildman–Crippen MR) is 56.2 cm³/mol. The van der Waals surface area contributed by atoms with E-state index < -0.39 is 0 Å². The minimum Gasteiger partial charge on any atom is -0.276 e. The number of hydrogen-bond donors (Lipinski definition) is 1. The second kappa shape index (κ2) is 4.24. The summed E-state index contributed by atoms with van der Waals surface area (Å²) in [7, 11) is 0. The fourth-order valence-electron chi connectivity index (χ4n) is 1.33. The Kier molecular flexibility index (Phi) is 2.79. The monoisotopic (exact) mass is 207 g/mol. The molecule has 0 radical (unpaired) electrons. The number of nitrogens with zero attached hydrogens (tertiary/aromatic N) is 2. The quantitative estimate of drug-likeness (QED) is 0.785. The third-order valence-corrected chi connectivity index (χ3v) is 2.19. The van der Waals surface area contributed by atoms with Gasteiger partial charge in [-0.25, -0.2) is 0 Å². The maximum absolute atomic E-state index is 5.69. The lowest BCUT2D eigenvalue weighted by molar-refractivity contribution is 1.09. The van der Waals surface area contributed by atoms with E-state index in [1.54, 1.807) is 12.4 Å². The number of aromatic amines is 1. The van der Waals surface area contributed by atoms with E-state index in [0.29, 0.717) is 5.88 Å². The molecule has 1 N–H and O–H groups in total. The molecule has 0 spiro atoms. The Morgan fingerprint density at radius 3 is 3.00 bits per heavy atom. The summed E-state index contributed by atoms with van der Waals surface area (Å²) in [5.41, 5.74) is 2.98. The van der Waals surface area contributed by atoms with E-state index in [-0.39, 0.29) is 0 Å². The molecule has 4 heteroatoms. The summed E-state index contributed by atoms with van der Waals surface area (Å²) in [6.45, 7) is 0. The highest BCUT2D eigenvalue weighted by atomic mass is 35.5. The fraction of sp³-hybridized carbons (Fsp3) is 0.200. The first-order valence-corrected chi connectivity index (χ1v) is 4.95. The molecule has 0 atom stereocenters. The second-order valence-corrected chi connectivity index (χ2v) is 3.30. The normalized spacial score (nSPS) is 10.4. The molecule has 0 saturated carbocycles. The van der Waals surface area contributed by atoms with Gasteiger partial charge in [0, 0.05) is 17.6 Å². The standard InChI is InChI=1S/C10H10ClN3/c11-5-4-8-7-13-14-10(8)9-3-1-2-6-12-9/h1-3,6-7H,4-5H2,(H,13,14). The predicted octanol–water partition coefficient (Wildman–Crippen LogP) is 2.25. The molecule has 0 aliphatic rings. The van der Waals surface area contributed by atoms with E-state index in [1.165, 1.54) is 0 Å². The molecule has 2 rings (SSSR count). The molecule has 0 amide bonds. The van der Waals surface area contributed by atoms with Gasteiger partial charge in [0.15, 0.2) is 0 Å². The van der Waals surface area contributed by atoms with Crippen LogP contribution in [0.4, 0.5) is 0 Å². The molecule has 0 fully saturated rings. The summed E-state index contributed by atoms with van der Waals surface area (Å²) >= 11 is 5.69. The van der Waals surface area contributed by atoms with Crippen LogP contribution in [0.25, 0.3) is 11.4 Å². The van der Waals surface area contributed by atoms with E-state index in [1.807, 2.05) is 18.2 Å². The summed E-state index contributed by atoms with van der Waals surface area (Å²) in [6.07, 6.45) is 4.37. The average molecular weight is 208 g/mol. The number of nitrogens with one attached hydrogen (secondary N) is 1. The highest BCUT2D eigenvalue weighted by Crippen LogP contribution is 2.18. The number of pyridine rings is 1. The van der Waals surface area contributed by atoms with Crippen LogP contribution in [0.15, 0.2) is 30.6 Å². The number of aryl methyl sites for hydroxylation is 1. The first-order chi connectivity index (χ1) is 6.92. The maximum Gasteiger partial charge on any atom is 0.0883 e. The van der Waals surface area contributed by atoms with Crippen LogP contribution in [0.2, 0.25) is 0 Å². The lowest BCUT2D eigenvalue weighted by Crippen LogP contribution is -1.89. The first kappa shape index (κ1) is 9.21. The number of rotatable bonds is 3. The van der Waals surface area contributed by atoms with Gasteiger partial charge in [-0.1, -0.05) is 6.07 Å². The van der Waals surface area contributed by atoms with Crippen molar-refractivity contribution in [2.24, 2.45) is 0 Å². The lowest BCUT2D eigenvalue weighted by atomic mass is 10.1. The van der Waals surface area contributed by atoms with Crippen LogP contribution in [0.3, 0.4) is 0 Å². The van der Waals surface area contributed by atoms with Crippen LogP contribution in [-0.2, 0) is 6.42 Å². The Balaban J connectivity index is 2.37. The molecule has 2 aromatic rings. The van der Waals surface area contributed by atoms with Gasteiger partial charge in [0.1, 0.15) is 0 Å². The van der Waals surface area contributed by atoms with Gasteiger partial charge in [0.2, 0.25) is 0 Å². The van der Waals surface area contributed by atoms with Gasteiger partial charge >= 0.3 is 0 Å². The summed E-state index contributed by atoms with van der Waals surface area (Å²) in [5.74, 6) is 0.597. The van der Waals surface area contributed by atoms with Crippen molar-refractivity contribution >= 4 is 11.6 Å².